The molecule has 2 aromatic heterocycles. The van der Waals surface area contributed by atoms with Gasteiger partial charge >= 0.3 is 0 Å². The first-order chi connectivity index (χ1) is 11.3. The van der Waals surface area contributed by atoms with E-state index in [2.05, 4.69) is 25.0 Å². The third kappa shape index (κ3) is 3.62. The van der Waals surface area contributed by atoms with Crippen LogP contribution in [0.4, 0.5) is 5.82 Å². The number of amides is 1. The van der Waals surface area contributed by atoms with Gasteiger partial charge in [0.05, 0.1) is 0 Å². The maximum absolute atomic E-state index is 11.9. The first-order valence-electron chi connectivity index (χ1n) is 7.55. The smallest absolute Gasteiger partial charge is 0.248 e. The molecule has 0 unspecified atom stereocenters. The second kappa shape index (κ2) is 7.14. The zero-order chi connectivity index (χ0) is 16.1. The van der Waals surface area contributed by atoms with Gasteiger partial charge in [0.25, 0.3) is 0 Å². The van der Waals surface area contributed by atoms with Gasteiger partial charge in [0.2, 0.25) is 5.91 Å². The van der Waals surface area contributed by atoms with Crippen molar-refractivity contribution < 1.29 is 9.53 Å². The van der Waals surface area contributed by atoms with Crippen LogP contribution in [0.25, 0.3) is 5.82 Å². The van der Waals surface area contributed by atoms with Crippen LogP contribution in [0, 0.1) is 0 Å². The van der Waals surface area contributed by atoms with Gasteiger partial charge in [-0.2, -0.15) is 5.10 Å². The number of hydrogen-bond acceptors (Lipinski definition) is 7. The van der Waals surface area contributed by atoms with Crippen LogP contribution in [0.2, 0.25) is 0 Å². The van der Waals surface area contributed by atoms with Crippen LogP contribution < -0.4 is 4.90 Å². The van der Waals surface area contributed by atoms with Crippen LogP contribution in [-0.2, 0) is 9.53 Å². The normalized spacial score (nSPS) is 15.0. The van der Waals surface area contributed by atoms with E-state index >= 15 is 0 Å². The van der Waals surface area contributed by atoms with E-state index < -0.39 is 0 Å². The second-order valence-electron chi connectivity index (χ2n) is 5.08. The summed E-state index contributed by atoms with van der Waals surface area (Å²) in [4.78, 5) is 28.3. The van der Waals surface area contributed by atoms with Gasteiger partial charge < -0.3 is 14.5 Å². The Balaban J connectivity index is 1.62. The Kier molecular flexibility index (Phi) is 4.77. The minimum Gasteiger partial charge on any atom is -0.372 e. The summed E-state index contributed by atoms with van der Waals surface area (Å²) in [5.74, 6) is 1.53. The lowest BCUT2D eigenvalue weighted by molar-refractivity contribution is -0.136. The Morgan fingerprint density at radius 1 is 1.17 bits per heavy atom. The summed E-state index contributed by atoms with van der Waals surface area (Å²) >= 11 is 0. The van der Waals surface area contributed by atoms with E-state index in [1.54, 1.807) is 11.0 Å². The predicted octanol–water partition coefficient (Wildman–Crippen LogP) is -0.258. The Bertz CT molecular complexity index is 638. The van der Waals surface area contributed by atoms with E-state index in [0.29, 0.717) is 25.5 Å². The first-order valence-corrected chi connectivity index (χ1v) is 7.55. The lowest BCUT2D eigenvalue weighted by Crippen LogP contribution is -2.50. The number of hydrogen-bond donors (Lipinski definition) is 0. The average Bonchev–Trinajstić information content (AvgIpc) is 3.14. The third-order valence-electron chi connectivity index (χ3n) is 3.68. The van der Waals surface area contributed by atoms with Crippen molar-refractivity contribution in [2.24, 2.45) is 0 Å². The molecule has 1 saturated heterocycles. The van der Waals surface area contributed by atoms with Crippen molar-refractivity contribution in [2.45, 2.75) is 6.92 Å². The maximum Gasteiger partial charge on any atom is 0.248 e. The number of aromatic nitrogens is 5. The molecule has 9 nitrogen and oxygen atoms in total. The lowest BCUT2D eigenvalue weighted by Gasteiger charge is -2.35. The maximum atomic E-state index is 11.9. The molecular weight excluding hydrogens is 298 g/mol. The Morgan fingerprint density at radius 2 is 1.96 bits per heavy atom. The van der Waals surface area contributed by atoms with Crippen molar-refractivity contribution >= 4 is 11.7 Å². The third-order valence-corrected chi connectivity index (χ3v) is 3.68. The minimum atomic E-state index is 0.0393. The molecule has 0 radical (unpaired) electrons. The van der Waals surface area contributed by atoms with E-state index in [4.69, 9.17) is 4.74 Å². The number of carbonyl (C=O) groups excluding carboxylic acids is 1. The van der Waals surface area contributed by atoms with Gasteiger partial charge in [0.1, 0.15) is 31.4 Å². The molecule has 122 valence electrons. The molecule has 9 heteroatoms. The van der Waals surface area contributed by atoms with Gasteiger partial charge in [0.15, 0.2) is 5.82 Å². The Hall–Kier alpha value is -2.55. The summed E-state index contributed by atoms with van der Waals surface area (Å²) in [6.45, 7) is 5.37. The standard InChI is InChI=1S/C14H19N7O2/c1-2-23-8-14(22)20-5-3-19(4-6-20)12-7-13(17-10-16-12)21-11-15-9-18-21/h7,9-11H,2-6,8H2,1H3. The van der Waals surface area contributed by atoms with Crippen LogP contribution in [0.5, 0.6) is 0 Å². The fraction of sp³-hybridized carbons (Fsp3) is 0.500. The van der Waals surface area contributed by atoms with Crippen molar-refractivity contribution in [1.29, 1.82) is 0 Å². The van der Waals surface area contributed by atoms with Crippen LogP contribution in [0.15, 0.2) is 25.0 Å². The van der Waals surface area contributed by atoms with Crippen molar-refractivity contribution in [3.63, 3.8) is 0 Å². The zero-order valence-corrected chi connectivity index (χ0v) is 13.0. The summed E-state index contributed by atoms with van der Waals surface area (Å²) in [6, 6.07) is 1.87. The average molecular weight is 317 g/mol. The number of ether oxygens (including phenoxy) is 1. The molecule has 3 heterocycles. The van der Waals surface area contributed by atoms with Crippen molar-refractivity contribution in [1.82, 2.24) is 29.6 Å². The molecule has 0 spiro atoms. The molecule has 23 heavy (non-hydrogen) atoms. The SMILES string of the molecule is CCOCC(=O)N1CCN(c2cc(-n3cncn3)ncn2)CC1. The molecule has 0 aliphatic carbocycles. The van der Waals surface area contributed by atoms with E-state index in [1.165, 1.54) is 12.7 Å². The summed E-state index contributed by atoms with van der Waals surface area (Å²) in [6.07, 6.45) is 4.57. The number of piperazine rings is 1. The molecule has 2 aromatic rings. The monoisotopic (exact) mass is 317 g/mol. The van der Waals surface area contributed by atoms with Gasteiger partial charge in [0, 0.05) is 38.9 Å². The Morgan fingerprint density at radius 3 is 2.65 bits per heavy atom. The zero-order valence-electron chi connectivity index (χ0n) is 13.0. The molecule has 0 aromatic carbocycles. The molecule has 0 saturated carbocycles. The number of nitrogens with zero attached hydrogens (tertiary/aromatic N) is 7. The molecule has 1 aliphatic rings. The van der Waals surface area contributed by atoms with E-state index in [-0.39, 0.29) is 12.5 Å². The first kappa shape index (κ1) is 15.3. The second-order valence-corrected chi connectivity index (χ2v) is 5.08. The topological polar surface area (TPSA) is 89.3 Å². The van der Waals surface area contributed by atoms with Crippen molar-refractivity contribution in [3.8, 4) is 5.82 Å². The quantitative estimate of drug-likeness (QED) is 0.750. The van der Waals surface area contributed by atoms with Gasteiger partial charge in [-0.3, -0.25) is 4.79 Å². The largest absolute Gasteiger partial charge is 0.372 e. The predicted molar refractivity (Wildman–Crippen MR) is 82.2 cm³/mol. The highest BCUT2D eigenvalue weighted by Crippen LogP contribution is 2.15. The molecule has 0 bridgehead atoms. The fourth-order valence-corrected chi connectivity index (χ4v) is 2.43. The highest BCUT2D eigenvalue weighted by molar-refractivity contribution is 5.77. The van der Waals surface area contributed by atoms with Crippen molar-refractivity contribution in [3.05, 3.63) is 25.0 Å². The molecule has 1 fully saturated rings. The lowest BCUT2D eigenvalue weighted by atomic mass is 10.3. The van der Waals surface area contributed by atoms with Gasteiger partial charge in [-0.25, -0.2) is 19.6 Å². The summed E-state index contributed by atoms with van der Waals surface area (Å²) in [7, 11) is 0. The van der Waals surface area contributed by atoms with E-state index in [1.807, 2.05) is 17.9 Å². The Labute approximate surface area is 133 Å². The van der Waals surface area contributed by atoms with Gasteiger partial charge in [-0.15, -0.1) is 0 Å². The van der Waals surface area contributed by atoms with Gasteiger partial charge in [-0.05, 0) is 6.92 Å². The highest BCUT2D eigenvalue weighted by atomic mass is 16.5. The molecule has 1 amide bonds. The van der Waals surface area contributed by atoms with E-state index in [9.17, 15) is 4.79 Å². The molecule has 3 rings (SSSR count). The van der Waals surface area contributed by atoms with Crippen LogP contribution in [0.1, 0.15) is 6.92 Å². The van der Waals surface area contributed by atoms with Gasteiger partial charge in [-0.1, -0.05) is 0 Å². The number of anilines is 1. The molecule has 1 aliphatic heterocycles. The number of carbonyl (C=O) groups is 1. The van der Waals surface area contributed by atoms with Crippen LogP contribution in [0.3, 0.4) is 0 Å². The summed E-state index contributed by atoms with van der Waals surface area (Å²) in [5, 5.41) is 4.07. The summed E-state index contributed by atoms with van der Waals surface area (Å²) in [5.41, 5.74) is 0. The minimum absolute atomic E-state index is 0.0393. The molecule has 0 atom stereocenters. The highest BCUT2D eigenvalue weighted by Gasteiger charge is 2.22. The molecule has 0 N–H and O–H groups in total. The van der Waals surface area contributed by atoms with Crippen LogP contribution in [-0.4, -0.2) is 74.9 Å². The van der Waals surface area contributed by atoms with Crippen LogP contribution >= 0.6 is 0 Å². The molecular formula is C14H19N7O2. The van der Waals surface area contributed by atoms with Crippen molar-refractivity contribution in [2.75, 3.05) is 44.3 Å². The van der Waals surface area contributed by atoms with E-state index in [0.717, 1.165) is 18.9 Å². The fourth-order valence-electron chi connectivity index (χ4n) is 2.43. The number of rotatable bonds is 5. The summed E-state index contributed by atoms with van der Waals surface area (Å²) < 4.78 is 6.77.